The maximum atomic E-state index is 12.9. The Balaban J connectivity index is 1.93. The Bertz CT molecular complexity index is 1150. The van der Waals surface area contributed by atoms with Crippen LogP contribution in [0.4, 0.5) is 0 Å². The van der Waals surface area contributed by atoms with E-state index in [-0.39, 0.29) is 36.0 Å². The van der Waals surface area contributed by atoms with E-state index in [0.29, 0.717) is 16.5 Å². The fourth-order valence-corrected chi connectivity index (χ4v) is 3.35. The second-order valence-corrected chi connectivity index (χ2v) is 6.35. The van der Waals surface area contributed by atoms with Crippen molar-refractivity contribution in [2.75, 3.05) is 20.3 Å². The van der Waals surface area contributed by atoms with Crippen molar-refractivity contribution in [2.24, 2.45) is 5.73 Å². The lowest BCUT2D eigenvalue weighted by Crippen LogP contribution is -2.31. The molecule has 0 aliphatic carbocycles. The molecule has 0 radical (unpaired) electrons. The van der Waals surface area contributed by atoms with Gasteiger partial charge in [0.05, 0.1) is 23.5 Å². The number of hydrogen-bond donors (Lipinski definition) is 1. The molecule has 8 heteroatoms. The van der Waals surface area contributed by atoms with Crippen molar-refractivity contribution in [2.45, 2.75) is 5.92 Å². The average Bonchev–Trinajstić information content (AvgIpc) is 2.73. The molecule has 0 spiro atoms. The SMILES string of the molecule is COCCOC(=O)C1=C(N)Oc2c(c(=O)oc3ccccc23)[C@@H]1c1ccncc1. The minimum absolute atomic E-state index is 0.0300. The van der Waals surface area contributed by atoms with Crippen molar-refractivity contribution in [1.29, 1.82) is 0 Å². The van der Waals surface area contributed by atoms with Gasteiger partial charge in [-0.1, -0.05) is 12.1 Å². The lowest BCUT2D eigenvalue weighted by atomic mass is 9.83. The number of hydrogen-bond acceptors (Lipinski definition) is 8. The smallest absolute Gasteiger partial charge is 0.344 e. The van der Waals surface area contributed by atoms with Crippen LogP contribution >= 0.6 is 0 Å². The van der Waals surface area contributed by atoms with Crippen LogP contribution in [0, 0.1) is 0 Å². The van der Waals surface area contributed by atoms with Gasteiger partial charge < -0.3 is 24.4 Å². The summed E-state index contributed by atoms with van der Waals surface area (Å²) in [5.41, 5.74) is 6.74. The van der Waals surface area contributed by atoms with Crippen LogP contribution in [0.25, 0.3) is 11.0 Å². The van der Waals surface area contributed by atoms with E-state index in [4.69, 9.17) is 24.4 Å². The molecule has 4 rings (SSSR count). The number of methoxy groups -OCH3 is 1. The monoisotopic (exact) mass is 394 g/mol. The van der Waals surface area contributed by atoms with E-state index in [1.54, 1.807) is 48.8 Å². The number of rotatable bonds is 5. The van der Waals surface area contributed by atoms with E-state index in [2.05, 4.69) is 4.98 Å². The summed E-state index contributed by atoms with van der Waals surface area (Å²) in [5, 5.41) is 0.580. The molecule has 0 saturated heterocycles. The van der Waals surface area contributed by atoms with Crippen molar-refractivity contribution in [3.8, 4) is 5.75 Å². The van der Waals surface area contributed by atoms with E-state index in [0.717, 1.165) is 0 Å². The number of benzene rings is 1. The Hall–Kier alpha value is -3.65. The lowest BCUT2D eigenvalue weighted by molar-refractivity contribution is -0.140. The molecule has 8 nitrogen and oxygen atoms in total. The van der Waals surface area contributed by atoms with Crippen LogP contribution in [0.15, 0.2) is 69.5 Å². The highest BCUT2D eigenvalue weighted by molar-refractivity contribution is 5.94. The topological polar surface area (TPSA) is 114 Å². The summed E-state index contributed by atoms with van der Waals surface area (Å²) in [7, 11) is 1.50. The Morgan fingerprint density at radius 3 is 2.69 bits per heavy atom. The van der Waals surface area contributed by atoms with E-state index in [9.17, 15) is 9.59 Å². The number of carbonyl (C=O) groups excluding carboxylic acids is 1. The molecule has 1 aliphatic rings. The highest BCUT2D eigenvalue weighted by Crippen LogP contribution is 2.43. The number of ether oxygens (including phenoxy) is 3. The summed E-state index contributed by atoms with van der Waals surface area (Å²) in [6, 6.07) is 10.4. The number of fused-ring (bicyclic) bond motifs is 3. The number of esters is 1. The molecule has 29 heavy (non-hydrogen) atoms. The van der Waals surface area contributed by atoms with Gasteiger partial charge in [0.1, 0.15) is 17.8 Å². The number of nitrogens with two attached hydrogens (primary N) is 1. The van der Waals surface area contributed by atoms with Gasteiger partial charge in [-0.2, -0.15) is 0 Å². The third-order valence-corrected chi connectivity index (χ3v) is 4.63. The quantitative estimate of drug-likeness (QED) is 0.397. The molecule has 3 aromatic rings. The third kappa shape index (κ3) is 3.34. The fourth-order valence-electron chi connectivity index (χ4n) is 3.35. The number of pyridine rings is 1. The molecule has 0 amide bonds. The molecule has 2 aromatic heterocycles. The summed E-state index contributed by atoms with van der Waals surface area (Å²) in [4.78, 5) is 29.7. The molecule has 2 N–H and O–H groups in total. The van der Waals surface area contributed by atoms with Gasteiger partial charge in [0.25, 0.3) is 0 Å². The molecule has 1 aromatic carbocycles. The van der Waals surface area contributed by atoms with Crippen molar-refractivity contribution in [1.82, 2.24) is 4.98 Å². The number of carbonyl (C=O) groups is 1. The molecular weight excluding hydrogens is 376 g/mol. The van der Waals surface area contributed by atoms with Gasteiger partial charge in [-0.05, 0) is 29.8 Å². The van der Waals surface area contributed by atoms with E-state index < -0.39 is 17.5 Å². The van der Waals surface area contributed by atoms with Gasteiger partial charge in [0.2, 0.25) is 5.88 Å². The zero-order chi connectivity index (χ0) is 20.4. The molecule has 0 fully saturated rings. The molecule has 0 bridgehead atoms. The van der Waals surface area contributed by atoms with Gasteiger partial charge in [-0.15, -0.1) is 0 Å². The predicted octanol–water partition coefficient (Wildman–Crippen LogP) is 2.07. The molecule has 0 saturated carbocycles. The summed E-state index contributed by atoms with van der Waals surface area (Å²) < 4.78 is 21.4. The maximum absolute atomic E-state index is 12.9. The minimum Gasteiger partial charge on any atom is -0.460 e. The maximum Gasteiger partial charge on any atom is 0.344 e. The van der Waals surface area contributed by atoms with Crippen LogP contribution in [-0.4, -0.2) is 31.3 Å². The van der Waals surface area contributed by atoms with Gasteiger partial charge in [-0.3, -0.25) is 4.98 Å². The van der Waals surface area contributed by atoms with E-state index in [1.807, 2.05) is 0 Å². The van der Waals surface area contributed by atoms with Crippen LogP contribution < -0.4 is 16.1 Å². The number of para-hydroxylation sites is 1. The first-order chi connectivity index (χ1) is 14.1. The summed E-state index contributed by atoms with van der Waals surface area (Å²) in [6.45, 7) is 0.261. The first-order valence-corrected chi connectivity index (χ1v) is 8.91. The van der Waals surface area contributed by atoms with Gasteiger partial charge in [0, 0.05) is 19.5 Å². The summed E-state index contributed by atoms with van der Waals surface area (Å²) in [6.07, 6.45) is 3.13. The Kier molecular flexibility index (Phi) is 5.01. The Morgan fingerprint density at radius 1 is 1.17 bits per heavy atom. The van der Waals surface area contributed by atoms with Crippen molar-refractivity contribution in [3.05, 3.63) is 81.8 Å². The van der Waals surface area contributed by atoms with Crippen LogP contribution in [0.2, 0.25) is 0 Å². The van der Waals surface area contributed by atoms with Gasteiger partial charge in [-0.25, -0.2) is 9.59 Å². The summed E-state index contributed by atoms with van der Waals surface area (Å²) >= 11 is 0. The summed E-state index contributed by atoms with van der Waals surface area (Å²) in [5.74, 6) is -1.38. The van der Waals surface area contributed by atoms with Crippen LogP contribution in [0.3, 0.4) is 0 Å². The zero-order valence-electron chi connectivity index (χ0n) is 15.6. The Morgan fingerprint density at radius 2 is 1.93 bits per heavy atom. The highest BCUT2D eigenvalue weighted by atomic mass is 16.6. The second-order valence-electron chi connectivity index (χ2n) is 6.35. The largest absolute Gasteiger partial charge is 0.460 e. The molecule has 148 valence electrons. The minimum atomic E-state index is -0.822. The van der Waals surface area contributed by atoms with Crippen LogP contribution in [0.5, 0.6) is 5.75 Å². The van der Waals surface area contributed by atoms with E-state index in [1.165, 1.54) is 7.11 Å². The average molecular weight is 394 g/mol. The standard InChI is InChI=1S/C21H18N2O6/c1-26-10-11-27-20(24)17-15(12-6-8-23-9-7-12)16-18(29-19(17)22)13-4-2-3-5-14(13)28-21(16)25/h2-9,15H,10-11,22H2,1H3/t15-/m0/s1. The number of nitrogens with zero attached hydrogens (tertiary/aromatic N) is 1. The zero-order valence-corrected chi connectivity index (χ0v) is 15.6. The van der Waals surface area contributed by atoms with Crippen LogP contribution in [0.1, 0.15) is 17.0 Å². The van der Waals surface area contributed by atoms with E-state index >= 15 is 0 Å². The van der Waals surface area contributed by atoms with Crippen molar-refractivity contribution in [3.63, 3.8) is 0 Å². The molecule has 1 aliphatic heterocycles. The first-order valence-electron chi connectivity index (χ1n) is 8.91. The highest BCUT2D eigenvalue weighted by Gasteiger charge is 2.39. The molecule has 1 atom stereocenters. The molecular formula is C21H18N2O6. The van der Waals surface area contributed by atoms with Gasteiger partial charge >= 0.3 is 11.6 Å². The molecule has 3 heterocycles. The predicted molar refractivity (Wildman–Crippen MR) is 103 cm³/mol. The van der Waals surface area contributed by atoms with Crippen LogP contribution in [-0.2, 0) is 14.3 Å². The van der Waals surface area contributed by atoms with Crippen molar-refractivity contribution >= 4 is 16.9 Å². The second kappa shape index (κ2) is 7.76. The fraction of sp³-hybridized carbons (Fsp3) is 0.190. The van der Waals surface area contributed by atoms with Crippen molar-refractivity contribution < 1.29 is 23.4 Å². The third-order valence-electron chi connectivity index (χ3n) is 4.63. The Labute approximate surface area is 165 Å². The number of aromatic nitrogens is 1. The lowest BCUT2D eigenvalue weighted by Gasteiger charge is -2.27. The first kappa shape index (κ1) is 18.7. The normalized spacial score (nSPS) is 15.7. The van der Waals surface area contributed by atoms with Gasteiger partial charge in [0.15, 0.2) is 5.75 Å². The molecule has 0 unspecified atom stereocenters.